The van der Waals surface area contributed by atoms with Gasteiger partial charge in [0.1, 0.15) is 0 Å². The van der Waals surface area contributed by atoms with Crippen LogP contribution in [-0.2, 0) is 4.79 Å². The van der Waals surface area contributed by atoms with Gasteiger partial charge in [-0.3, -0.25) is 9.59 Å². The van der Waals surface area contributed by atoms with Gasteiger partial charge < -0.3 is 16.8 Å². The number of hydrogen-bond acceptors (Lipinski definition) is 4. The minimum atomic E-state index is -0.409. The van der Waals surface area contributed by atoms with Gasteiger partial charge in [-0.05, 0) is 24.3 Å². The molecule has 2 rings (SSSR count). The molecular weight excluding hydrogens is 286 g/mol. The Labute approximate surface area is 126 Å². The molecule has 0 saturated heterocycles. The average Bonchev–Trinajstić information content (AvgIpc) is 2.46. The van der Waals surface area contributed by atoms with Crippen LogP contribution < -0.4 is 16.8 Å². The molecule has 2 aromatic rings. The second-order valence-electron chi connectivity index (χ2n) is 4.29. The van der Waals surface area contributed by atoms with Crippen molar-refractivity contribution in [2.45, 2.75) is 4.90 Å². The molecule has 0 aliphatic carbocycles. The standard InChI is InChI=1S/C15H15N3O2S/c16-11-6-2-1-5-10(11)15(20)18-12-7-3-4-8-13(12)21-9-14(17)19/h1-8H,9,16H2,(H2,17,19)(H,18,20). The molecule has 108 valence electrons. The molecule has 0 saturated carbocycles. The molecule has 2 aromatic carbocycles. The molecule has 0 bridgehead atoms. The number of benzene rings is 2. The second kappa shape index (κ2) is 6.81. The lowest BCUT2D eigenvalue weighted by Crippen LogP contribution is -2.15. The molecule has 5 nitrogen and oxygen atoms in total. The average molecular weight is 301 g/mol. The number of amides is 2. The quantitative estimate of drug-likeness (QED) is 0.582. The summed E-state index contributed by atoms with van der Waals surface area (Å²) < 4.78 is 0. The van der Waals surface area contributed by atoms with Crippen LogP contribution in [0, 0.1) is 0 Å². The maximum absolute atomic E-state index is 12.2. The number of nitrogens with one attached hydrogen (secondary N) is 1. The third kappa shape index (κ3) is 4.00. The van der Waals surface area contributed by atoms with Crippen molar-refractivity contribution < 1.29 is 9.59 Å². The van der Waals surface area contributed by atoms with Gasteiger partial charge in [0.25, 0.3) is 5.91 Å². The SMILES string of the molecule is NC(=O)CSc1ccccc1NC(=O)c1ccccc1N. The largest absolute Gasteiger partial charge is 0.398 e. The van der Waals surface area contributed by atoms with Gasteiger partial charge in [0, 0.05) is 10.6 Å². The first-order valence-corrected chi connectivity index (χ1v) is 7.22. The van der Waals surface area contributed by atoms with Crippen LogP contribution in [0.4, 0.5) is 11.4 Å². The molecule has 6 heteroatoms. The Balaban J connectivity index is 2.18. The van der Waals surface area contributed by atoms with E-state index in [1.54, 1.807) is 36.4 Å². The molecule has 0 fully saturated rings. The summed E-state index contributed by atoms with van der Waals surface area (Å²) in [5.74, 6) is -0.547. The fourth-order valence-electron chi connectivity index (χ4n) is 1.74. The van der Waals surface area contributed by atoms with Gasteiger partial charge in [-0.1, -0.05) is 24.3 Å². The van der Waals surface area contributed by atoms with Gasteiger partial charge in [-0.2, -0.15) is 0 Å². The number of primary amides is 1. The summed E-state index contributed by atoms with van der Waals surface area (Å²) in [6.07, 6.45) is 0. The van der Waals surface area contributed by atoms with Crippen molar-refractivity contribution in [3.8, 4) is 0 Å². The van der Waals surface area contributed by atoms with Crippen molar-refractivity contribution in [1.29, 1.82) is 0 Å². The van der Waals surface area contributed by atoms with Crippen molar-refractivity contribution in [3.05, 3.63) is 54.1 Å². The first kappa shape index (κ1) is 14.9. The second-order valence-corrected chi connectivity index (χ2v) is 5.31. The monoisotopic (exact) mass is 301 g/mol. The Morgan fingerprint density at radius 2 is 1.71 bits per heavy atom. The molecule has 0 spiro atoms. The van der Waals surface area contributed by atoms with E-state index in [1.807, 2.05) is 12.1 Å². The number of hydrogen-bond donors (Lipinski definition) is 3. The maximum Gasteiger partial charge on any atom is 0.257 e. The van der Waals surface area contributed by atoms with E-state index in [-0.39, 0.29) is 11.7 Å². The Kier molecular flexibility index (Phi) is 4.84. The summed E-state index contributed by atoms with van der Waals surface area (Å²) in [5.41, 5.74) is 12.4. The van der Waals surface area contributed by atoms with E-state index >= 15 is 0 Å². The van der Waals surface area contributed by atoms with E-state index in [0.29, 0.717) is 16.9 Å². The van der Waals surface area contributed by atoms with Crippen LogP contribution in [0.15, 0.2) is 53.4 Å². The number of nitrogen functional groups attached to an aromatic ring is 1. The molecule has 0 unspecified atom stereocenters. The highest BCUT2D eigenvalue weighted by atomic mass is 32.2. The summed E-state index contributed by atoms with van der Waals surface area (Å²) in [6, 6.07) is 14.1. The smallest absolute Gasteiger partial charge is 0.257 e. The van der Waals surface area contributed by atoms with Crippen molar-refractivity contribution in [1.82, 2.24) is 0 Å². The lowest BCUT2D eigenvalue weighted by Gasteiger charge is -2.11. The van der Waals surface area contributed by atoms with E-state index in [2.05, 4.69) is 5.32 Å². The van der Waals surface area contributed by atoms with Gasteiger partial charge >= 0.3 is 0 Å². The zero-order valence-electron chi connectivity index (χ0n) is 11.2. The molecule has 0 aromatic heterocycles. The molecule has 21 heavy (non-hydrogen) atoms. The molecular formula is C15H15N3O2S. The van der Waals surface area contributed by atoms with Gasteiger partial charge in [0.05, 0.1) is 17.0 Å². The van der Waals surface area contributed by atoms with Gasteiger partial charge in [-0.25, -0.2) is 0 Å². The topological polar surface area (TPSA) is 98.2 Å². The first-order chi connectivity index (χ1) is 10.1. The number of anilines is 2. The number of para-hydroxylation sites is 2. The molecule has 0 radical (unpaired) electrons. The normalized spacial score (nSPS) is 10.1. The number of carbonyl (C=O) groups excluding carboxylic acids is 2. The molecule has 2 amide bonds. The van der Waals surface area contributed by atoms with Crippen LogP contribution in [0.3, 0.4) is 0 Å². The lowest BCUT2D eigenvalue weighted by atomic mass is 10.1. The highest BCUT2D eigenvalue weighted by molar-refractivity contribution is 8.00. The van der Waals surface area contributed by atoms with E-state index < -0.39 is 5.91 Å². The predicted molar refractivity (Wildman–Crippen MR) is 85.2 cm³/mol. The fraction of sp³-hybridized carbons (Fsp3) is 0.0667. The van der Waals surface area contributed by atoms with Crippen LogP contribution in [-0.4, -0.2) is 17.6 Å². The molecule has 0 aliphatic heterocycles. The van der Waals surface area contributed by atoms with E-state index in [9.17, 15) is 9.59 Å². The molecule has 0 aliphatic rings. The summed E-state index contributed by atoms with van der Waals surface area (Å²) >= 11 is 1.28. The van der Waals surface area contributed by atoms with Gasteiger partial charge in [-0.15, -0.1) is 11.8 Å². The van der Waals surface area contributed by atoms with E-state index in [0.717, 1.165) is 4.90 Å². The highest BCUT2D eigenvalue weighted by Crippen LogP contribution is 2.27. The van der Waals surface area contributed by atoms with Crippen molar-refractivity contribution in [2.75, 3.05) is 16.8 Å². The zero-order valence-corrected chi connectivity index (χ0v) is 12.0. The summed E-state index contributed by atoms with van der Waals surface area (Å²) in [5, 5.41) is 2.80. The van der Waals surface area contributed by atoms with Gasteiger partial charge in [0.2, 0.25) is 5.91 Å². The predicted octanol–water partition coefficient (Wildman–Crippen LogP) is 2.10. The minimum absolute atomic E-state index is 0.153. The Hall–Kier alpha value is -2.47. The summed E-state index contributed by atoms with van der Waals surface area (Å²) in [7, 11) is 0. The fourth-order valence-corrected chi connectivity index (χ4v) is 2.49. The van der Waals surface area contributed by atoms with Crippen LogP contribution in [0.5, 0.6) is 0 Å². The molecule has 0 atom stereocenters. The van der Waals surface area contributed by atoms with Crippen molar-refractivity contribution in [2.24, 2.45) is 5.73 Å². The first-order valence-electron chi connectivity index (χ1n) is 6.24. The Morgan fingerprint density at radius 3 is 2.43 bits per heavy atom. The highest BCUT2D eigenvalue weighted by Gasteiger charge is 2.11. The van der Waals surface area contributed by atoms with E-state index in [4.69, 9.17) is 11.5 Å². The summed E-state index contributed by atoms with van der Waals surface area (Å²) in [6.45, 7) is 0. The van der Waals surface area contributed by atoms with Crippen LogP contribution in [0.2, 0.25) is 0 Å². The third-order valence-electron chi connectivity index (χ3n) is 2.71. The van der Waals surface area contributed by atoms with Crippen LogP contribution in [0.1, 0.15) is 10.4 Å². The third-order valence-corrected chi connectivity index (χ3v) is 3.81. The number of carbonyl (C=O) groups is 2. The Morgan fingerprint density at radius 1 is 1.05 bits per heavy atom. The van der Waals surface area contributed by atoms with Crippen LogP contribution >= 0.6 is 11.8 Å². The number of rotatable bonds is 5. The van der Waals surface area contributed by atoms with E-state index in [1.165, 1.54) is 11.8 Å². The molecule has 5 N–H and O–H groups in total. The lowest BCUT2D eigenvalue weighted by molar-refractivity contribution is -0.115. The number of thioether (sulfide) groups is 1. The van der Waals surface area contributed by atoms with Crippen molar-refractivity contribution >= 4 is 35.0 Å². The zero-order chi connectivity index (χ0) is 15.2. The maximum atomic E-state index is 12.2. The van der Waals surface area contributed by atoms with Crippen LogP contribution in [0.25, 0.3) is 0 Å². The van der Waals surface area contributed by atoms with Gasteiger partial charge in [0.15, 0.2) is 0 Å². The minimum Gasteiger partial charge on any atom is -0.398 e. The van der Waals surface area contributed by atoms with Crippen molar-refractivity contribution in [3.63, 3.8) is 0 Å². The Bertz CT molecular complexity index is 673. The summed E-state index contributed by atoms with van der Waals surface area (Å²) in [4.78, 5) is 23.9. The molecule has 0 heterocycles. The number of nitrogens with two attached hydrogens (primary N) is 2.